The molecular weight excluding hydrogens is 381 g/mol. The zero-order valence-corrected chi connectivity index (χ0v) is 15.2. The van der Waals surface area contributed by atoms with E-state index >= 15 is 0 Å². The first-order valence-corrected chi connectivity index (χ1v) is 8.72. The van der Waals surface area contributed by atoms with E-state index in [1.807, 2.05) is 30.3 Å². The van der Waals surface area contributed by atoms with Crippen molar-refractivity contribution in [1.82, 2.24) is 14.6 Å². The lowest BCUT2D eigenvalue weighted by atomic mass is 10.1. The summed E-state index contributed by atoms with van der Waals surface area (Å²) in [5, 5.41) is 6.81. The Morgan fingerprint density at radius 3 is 2.52 bits per heavy atom. The van der Waals surface area contributed by atoms with Crippen LogP contribution in [0.4, 0.5) is 18.9 Å². The first-order valence-electron chi connectivity index (χ1n) is 8.72. The number of carbonyl (C=O) groups is 1. The maximum absolute atomic E-state index is 12.9. The van der Waals surface area contributed by atoms with Gasteiger partial charge in [-0.2, -0.15) is 18.3 Å². The van der Waals surface area contributed by atoms with Crippen LogP contribution in [0.15, 0.2) is 67.0 Å². The number of hydrogen-bond donors (Lipinski definition) is 1. The van der Waals surface area contributed by atoms with Crippen LogP contribution in [0.5, 0.6) is 0 Å². The van der Waals surface area contributed by atoms with Gasteiger partial charge in [0.1, 0.15) is 0 Å². The molecule has 0 aliphatic carbocycles. The number of amides is 1. The molecule has 0 radical (unpaired) electrons. The molecular formula is C21H15F3N4O. The van der Waals surface area contributed by atoms with Crippen LogP contribution in [0, 0.1) is 6.92 Å². The van der Waals surface area contributed by atoms with Crippen LogP contribution in [0.25, 0.3) is 16.8 Å². The van der Waals surface area contributed by atoms with Crippen LogP contribution in [0.2, 0.25) is 0 Å². The molecule has 0 atom stereocenters. The SMILES string of the molecule is Cc1c(C(=O)Nc2cccc(C(F)(F)F)c2)cnc2c(-c3ccccc3)cnn12. The lowest BCUT2D eigenvalue weighted by Gasteiger charge is -2.11. The molecule has 0 bridgehead atoms. The van der Waals surface area contributed by atoms with Crippen LogP contribution in [-0.2, 0) is 6.18 Å². The minimum absolute atomic E-state index is 0.0507. The molecule has 0 unspecified atom stereocenters. The minimum atomic E-state index is -4.49. The molecule has 5 nitrogen and oxygen atoms in total. The van der Waals surface area contributed by atoms with E-state index < -0.39 is 17.6 Å². The van der Waals surface area contributed by atoms with E-state index in [0.717, 1.165) is 23.3 Å². The number of nitrogens with zero attached hydrogens (tertiary/aromatic N) is 3. The molecule has 2 heterocycles. The van der Waals surface area contributed by atoms with E-state index in [0.29, 0.717) is 11.3 Å². The summed E-state index contributed by atoms with van der Waals surface area (Å²) in [4.78, 5) is 17.0. The molecule has 4 rings (SSSR count). The van der Waals surface area contributed by atoms with E-state index in [4.69, 9.17) is 0 Å². The first-order chi connectivity index (χ1) is 13.8. The van der Waals surface area contributed by atoms with Gasteiger partial charge in [0.25, 0.3) is 5.91 Å². The predicted molar refractivity (Wildman–Crippen MR) is 103 cm³/mol. The van der Waals surface area contributed by atoms with Crippen LogP contribution >= 0.6 is 0 Å². The highest BCUT2D eigenvalue weighted by Crippen LogP contribution is 2.31. The predicted octanol–water partition coefficient (Wildman–Crippen LogP) is 4.98. The van der Waals surface area contributed by atoms with E-state index in [1.165, 1.54) is 18.3 Å². The van der Waals surface area contributed by atoms with Gasteiger partial charge >= 0.3 is 6.18 Å². The molecule has 146 valence electrons. The first kappa shape index (κ1) is 18.7. The van der Waals surface area contributed by atoms with Crippen molar-refractivity contribution in [2.45, 2.75) is 13.1 Å². The number of alkyl halides is 3. The number of hydrogen-bond acceptors (Lipinski definition) is 3. The molecule has 0 aliphatic heterocycles. The Bertz CT molecular complexity index is 1200. The third-order valence-corrected chi connectivity index (χ3v) is 4.54. The van der Waals surface area contributed by atoms with Crippen LogP contribution in [0.1, 0.15) is 21.6 Å². The molecule has 1 amide bonds. The molecule has 0 spiro atoms. The Morgan fingerprint density at radius 2 is 1.79 bits per heavy atom. The number of nitrogens with one attached hydrogen (secondary N) is 1. The molecule has 0 fully saturated rings. The van der Waals surface area contributed by atoms with Gasteiger partial charge in [0.2, 0.25) is 0 Å². The van der Waals surface area contributed by atoms with Crippen LogP contribution in [0.3, 0.4) is 0 Å². The second-order valence-corrected chi connectivity index (χ2v) is 6.45. The van der Waals surface area contributed by atoms with E-state index in [1.54, 1.807) is 17.6 Å². The van der Waals surface area contributed by atoms with Gasteiger partial charge in [0, 0.05) is 17.4 Å². The molecule has 29 heavy (non-hydrogen) atoms. The summed E-state index contributed by atoms with van der Waals surface area (Å²) in [6, 6.07) is 14.1. The van der Waals surface area contributed by atoms with Crippen LogP contribution < -0.4 is 5.32 Å². The summed E-state index contributed by atoms with van der Waals surface area (Å²) < 4.78 is 40.2. The summed E-state index contributed by atoms with van der Waals surface area (Å²) in [6.45, 7) is 1.71. The molecule has 8 heteroatoms. The second-order valence-electron chi connectivity index (χ2n) is 6.45. The van der Waals surface area contributed by atoms with Crippen molar-refractivity contribution in [2.75, 3.05) is 5.32 Å². The Labute approximate surface area is 163 Å². The van der Waals surface area contributed by atoms with Crippen molar-refractivity contribution < 1.29 is 18.0 Å². The Balaban J connectivity index is 1.66. The maximum atomic E-state index is 12.9. The van der Waals surface area contributed by atoms with Crippen molar-refractivity contribution in [3.05, 3.63) is 83.8 Å². The number of halogens is 3. The van der Waals surface area contributed by atoms with Gasteiger partial charge in [0.05, 0.1) is 23.0 Å². The quantitative estimate of drug-likeness (QED) is 0.532. The fraction of sp³-hybridized carbons (Fsp3) is 0.0952. The van der Waals surface area contributed by atoms with Gasteiger partial charge < -0.3 is 5.32 Å². The van der Waals surface area contributed by atoms with Crippen molar-refractivity contribution in [2.24, 2.45) is 0 Å². The average Bonchev–Trinajstić information content (AvgIpc) is 3.13. The highest BCUT2D eigenvalue weighted by atomic mass is 19.4. The number of carbonyl (C=O) groups excluding carboxylic acids is 1. The monoisotopic (exact) mass is 396 g/mol. The van der Waals surface area contributed by atoms with Crippen molar-refractivity contribution in [3.8, 4) is 11.1 Å². The number of rotatable bonds is 3. The van der Waals surface area contributed by atoms with Crippen molar-refractivity contribution >= 4 is 17.2 Å². The summed E-state index contributed by atoms with van der Waals surface area (Å²) >= 11 is 0. The van der Waals surface area contributed by atoms with Gasteiger partial charge in [-0.25, -0.2) is 9.50 Å². The maximum Gasteiger partial charge on any atom is 0.416 e. The second kappa shape index (κ2) is 7.05. The van der Waals surface area contributed by atoms with Crippen molar-refractivity contribution in [1.29, 1.82) is 0 Å². The number of fused-ring (bicyclic) bond motifs is 1. The minimum Gasteiger partial charge on any atom is -0.322 e. The Morgan fingerprint density at radius 1 is 1.03 bits per heavy atom. The standard InChI is InChI=1S/C21H15F3N4O/c1-13-17(20(29)27-16-9-5-8-15(10-16)21(22,23)24)11-25-19-18(12-26-28(13)19)14-6-3-2-4-7-14/h2-12H,1H3,(H,27,29). The molecule has 2 aromatic carbocycles. The highest BCUT2D eigenvalue weighted by molar-refractivity contribution is 6.05. The summed E-state index contributed by atoms with van der Waals surface area (Å²) in [6.07, 6.45) is -1.42. The van der Waals surface area contributed by atoms with Crippen molar-refractivity contribution in [3.63, 3.8) is 0 Å². The zero-order valence-electron chi connectivity index (χ0n) is 15.2. The smallest absolute Gasteiger partial charge is 0.322 e. The summed E-state index contributed by atoms with van der Waals surface area (Å²) in [5.74, 6) is -0.562. The lowest BCUT2D eigenvalue weighted by Crippen LogP contribution is -2.16. The van der Waals surface area contributed by atoms with Gasteiger partial charge in [0.15, 0.2) is 5.65 Å². The average molecular weight is 396 g/mol. The molecule has 4 aromatic rings. The molecule has 0 aliphatic rings. The summed E-state index contributed by atoms with van der Waals surface area (Å²) in [7, 11) is 0. The zero-order chi connectivity index (χ0) is 20.6. The summed E-state index contributed by atoms with van der Waals surface area (Å²) in [5.41, 5.74) is 2.31. The highest BCUT2D eigenvalue weighted by Gasteiger charge is 2.30. The van der Waals surface area contributed by atoms with Gasteiger partial charge in [-0.1, -0.05) is 36.4 Å². The normalized spacial score (nSPS) is 11.6. The number of benzene rings is 2. The van der Waals surface area contributed by atoms with E-state index in [9.17, 15) is 18.0 Å². The van der Waals surface area contributed by atoms with E-state index in [2.05, 4.69) is 15.4 Å². The third-order valence-electron chi connectivity index (χ3n) is 4.54. The van der Waals surface area contributed by atoms with Crippen LogP contribution in [-0.4, -0.2) is 20.5 Å². The molecule has 0 saturated carbocycles. The number of anilines is 1. The molecule has 2 aromatic heterocycles. The van der Waals surface area contributed by atoms with Gasteiger partial charge in [-0.15, -0.1) is 0 Å². The number of aryl methyl sites for hydroxylation is 1. The van der Waals surface area contributed by atoms with Gasteiger partial charge in [-0.05, 0) is 30.7 Å². The fourth-order valence-corrected chi connectivity index (χ4v) is 3.06. The third kappa shape index (κ3) is 3.56. The fourth-order valence-electron chi connectivity index (χ4n) is 3.06. The topological polar surface area (TPSA) is 59.3 Å². The Hall–Kier alpha value is -3.68. The lowest BCUT2D eigenvalue weighted by molar-refractivity contribution is -0.137. The van der Waals surface area contributed by atoms with E-state index in [-0.39, 0.29) is 11.3 Å². The Kier molecular flexibility index (Phi) is 4.54. The molecule has 1 N–H and O–H groups in total. The number of aromatic nitrogens is 3. The largest absolute Gasteiger partial charge is 0.416 e. The molecule has 0 saturated heterocycles. The van der Waals surface area contributed by atoms with Gasteiger partial charge in [-0.3, -0.25) is 4.79 Å².